The lowest BCUT2D eigenvalue weighted by atomic mass is 9.92. The van der Waals surface area contributed by atoms with Crippen molar-refractivity contribution >= 4 is 16.9 Å². The molecule has 164 valence electrons. The van der Waals surface area contributed by atoms with Gasteiger partial charge in [-0.1, -0.05) is 37.3 Å². The van der Waals surface area contributed by atoms with E-state index in [4.69, 9.17) is 9.15 Å². The van der Waals surface area contributed by atoms with Crippen molar-refractivity contribution in [3.05, 3.63) is 75.1 Å². The van der Waals surface area contributed by atoms with Gasteiger partial charge in [-0.15, -0.1) is 0 Å². The summed E-state index contributed by atoms with van der Waals surface area (Å²) in [6.45, 7) is 5.94. The van der Waals surface area contributed by atoms with Crippen LogP contribution in [-0.4, -0.2) is 17.7 Å². The Morgan fingerprint density at radius 2 is 1.90 bits per heavy atom. The number of aromatic hydroxyl groups is 1. The molecule has 0 spiro atoms. The quantitative estimate of drug-likeness (QED) is 0.368. The summed E-state index contributed by atoms with van der Waals surface area (Å²) >= 11 is 0. The largest absolute Gasteiger partial charge is 0.507 e. The van der Waals surface area contributed by atoms with Crippen molar-refractivity contribution in [1.29, 1.82) is 0 Å². The maximum absolute atomic E-state index is 12.5. The number of hydrogen-bond acceptors (Lipinski definition) is 5. The number of fused-ring (bicyclic) bond motifs is 1. The van der Waals surface area contributed by atoms with Gasteiger partial charge in [-0.3, -0.25) is 4.79 Å². The number of phenolic OH excluding ortho intramolecular Hbond substituents is 1. The Morgan fingerprint density at radius 3 is 2.61 bits per heavy atom. The highest BCUT2D eigenvalue weighted by Gasteiger charge is 2.18. The molecular formula is C26H30O5. The minimum atomic E-state index is -0.470. The van der Waals surface area contributed by atoms with E-state index in [0.29, 0.717) is 28.7 Å². The van der Waals surface area contributed by atoms with Crippen molar-refractivity contribution in [2.75, 3.05) is 6.61 Å². The minimum absolute atomic E-state index is 0.0982. The molecule has 5 heteroatoms. The second-order valence-electron chi connectivity index (χ2n) is 7.99. The standard InChI is InChI=1S/C26H30O5/c1-4-30-24(28)14-13-21-18(3)25-22(27)15-20(16-23(25)31-26(21)29)17(2)9-8-12-19-10-6-5-7-11-19/h5-7,10-11,15-17,27H,4,8-9,12-14H2,1-3H3. The molecule has 1 unspecified atom stereocenters. The highest BCUT2D eigenvalue weighted by molar-refractivity contribution is 5.88. The van der Waals surface area contributed by atoms with Gasteiger partial charge in [0.15, 0.2) is 0 Å². The van der Waals surface area contributed by atoms with Gasteiger partial charge in [0.2, 0.25) is 0 Å². The van der Waals surface area contributed by atoms with Gasteiger partial charge >= 0.3 is 11.6 Å². The Kier molecular flexibility index (Phi) is 7.50. The van der Waals surface area contributed by atoms with Crippen LogP contribution in [0.1, 0.15) is 61.3 Å². The van der Waals surface area contributed by atoms with Crippen LogP contribution in [0.4, 0.5) is 0 Å². The number of hydrogen-bond donors (Lipinski definition) is 1. The topological polar surface area (TPSA) is 76.7 Å². The SMILES string of the molecule is CCOC(=O)CCc1c(C)c2c(O)cc(C(C)CCCc3ccccc3)cc2oc1=O. The molecular weight excluding hydrogens is 392 g/mol. The molecule has 0 aliphatic carbocycles. The molecule has 0 bridgehead atoms. The van der Waals surface area contributed by atoms with E-state index in [1.807, 2.05) is 24.3 Å². The summed E-state index contributed by atoms with van der Waals surface area (Å²) in [6, 6.07) is 14.0. The number of phenols is 1. The zero-order valence-electron chi connectivity index (χ0n) is 18.4. The van der Waals surface area contributed by atoms with E-state index in [1.54, 1.807) is 19.9 Å². The van der Waals surface area contributed by atoms with Crippen LogP contribution in [0, 0.1) is 6.92 Å². The smallest absolute Gasteiger partial charge is 0.339 e. The first kappa shape index (κ1) is 22.6. The highest BCUT2D eigenvalue weighted by Crippen LogP contribution is 2.34. The summed E-state index contributed by atoms with van der Waals surface area (Å²) in [7, 11) is 0. The molecule has 2 aromatic carbocycles. The third-order valence-corrected chi connectivity index (χ3v) is 5.78. The number of esters is 1. The normalized spacial score (nSPS) is 12.1. The first-order valence-electron chi connectivity index (χ1n) is 10.9. The molecule has 0 saturated carbocycles. The molecule has 0 saturated heterocycles. The van der Waals surface area contributed by atoms with Gasteiger partial charge in [-0.25, -0.2) is 4.79 Å². The fraction of sp³-hybridized carbons (Fsp3) is 0.385. The van der Waals surface area contributed by atoms with Gasteiger partial charge in [-0.2, -0.15) is 0 Å². The van der Waals surface area contributed by atoms with Crippen LogP contribution in [-0.2, 0) is 22.4 Å². The zero-order valence-corrected chi connectivity index (χ0v) is 18.4. The Labute approximate surface area is 182 Å². The summed E-state index contributed by atoms with van der Waals surface area (Å²) in [6.07, 6.45) is 3.31. The van der Waals surface area contributed by atoms with Crippen molar-refractivity contribution in [2.45, 2.75) is 58.8 Å². The number of rotatable bonds is 9. The lowest BCUT2D eigenvalue weighted by molar-refractivity contribution is -0.143. The number of ether oxygens (including phenoxy) is 1. The Bertz CT molecular complexity index is 1100. The van der Waals surface area contributed by atoms with Crippen LogP contribution in [0.25, 0.3) is 11.0 Å². The molecule has 1 heterocycles. The average Bonchev–Trinajstić information content (AvgIpc) is 2.73. The van der Waals surface area contributed by atoms with Crippen LogP contribution < -0.4 is 5.63 Å². The molecule has 0 fully saturated rings. The number of benzene rings is 2. The average molecular weight is 423 g/mol. The van der Waals surface area contributed by atoms with Crippen LogP contribution >= 0.6 is 0 Å². The maximum Gasteiger partial charge on any atom is 0.339 e. The fourth-order valence-electron chi connectivity index (χ4n) is 4.00. The minimum Gasteiger partial charge on any atom is -0.507 e. The number of carbonyl (C=O) groups excluding carboxylic acids is 1. The zero-order chi connectivity index (χ0) is 22.4. The Morgan fingerprint density at radius 1 is 1.16 bits per heavy atom. The summed E-state index contributed by atoms with van der Waals surface area (Å²) in [5.74, 6) is -0.0422. The van der Waals surface area contributed by atoms with Crippen molar-refractivity contribution in [3.8, 4) is 5.75 Å². The van der Waals surface area contributed by atoms with E-state index < -0.39 is 5.63 Å². The van der Waals surface area contributed by atoms with Gasteiger partial charge in [0, 0.05) is 12.0 Å². The van der Waals surface area contributed by atoms with Crippen molar-refractivity contribution in [2.24, 2.45) is 0 Å². The molecule has 0 aliphatic heterocycles. The Balaban J connectivity index is 1.78. The van der Waals surface area contributed by atoms with E-state index >= 15 is 0 Å². The third kappa shape index (κ3) is 5.54. The molecule has 31 heavy (non-hydrogen) atoms. The third-order valence-electron chi connectivity index (χ3n) is 5.78. The lowest BCUT2D eigenvalue weighted by Gasteiger charge is -2.15. The fourth-order valence-corrected chi connectivity index (χ4v) is 4.00. The first-order valence-corrected chi connectivity index (χ1v) is 10.9. The van der Waals surface area contributed by atoms with Gasteiger partial charge in [-0.05, 0) is 74.3 Å². The number of carbonyl (C=O) groups is 1. The number of aryl methyl sites for hydroxylation is 2. The second-order valence-corrected chi connectivity index (χ2v) is 7.99. The molecule has 5 nitrogen and oxygen atoms in total. The van der Waals surface area contributed by atoms with Crippen LogP contribution in [0.5, 0.6) is 5.75 Å². The van der Waals surface area contributed by atoms with Crippen molar-refractivity contribution < 1.29 is 19.1 Å². The van der Waals surface area contributed by atoms with Crippen molar-refractivity contribution in [1.82, 2.24) is 0 Å². The molecule has 1 N–H and O–H groups in total. The van der Waals surface area contributed by atoms with Gasteiger partial charge in [0.25, 0.3) is 0 Å². The molecule has 0 aliphatic rings. The summed E-state index contributed by atoms with van der Waals surface area (Å²) in [4.78, 5) is 24.2. The summed E-state index contributed by atoms with van der Waals surface area (Å²) < 4.78 is 10.5. The Hall–Kier alpha value is -3.08. The van der Waals surface area contributed by atoms with E-state index in [9.17, 15) is 14.7 Å². The highest BCUT2D eigenvalue weighted by atomic mass is 16.5. The lowest BCUT2D eigenvalue weighted by Crippen LogP contribution is -2.14. The molecule has 3 rings (SSSR count). The van der Waals surface area contributed by atoms with Gasteiger partial charge in [0.05, 0.1) is 12.0 Å². The first-order chi connectivity index (χ1) is 14.9. The second kappa shape index (κ2) is 10.3. The predicted molar refractivity (Wildman–Crippen MR) is 122 cm³/mol. The maximum atomic E-state index is 12.5. The van der Waals surface area contributed by atoms with E-state index in [2.05, 4.69) is 19.1 Å². The van der Waals surface area contributed by atoms with Crippen LogP contribution in [0.3, 0.4) is 0 Å². The predicted octanol–water partition coefficient (Wildman–Crippen LogP) is 5.43. The van der Waals surface area contributed by atoms with Crippen LogP contribution in [0.2, 0.25) is 0 Å². The van der Waals surface area contributed by atoms with E-state index in [1.165, 1.54) is 5.56 Å². The molecule has 1 atom stereocenters. The monoisotopic (exact) mass is 422 g/mol. The summed E-state index contributed by atoms with van der Waals surface area (Å²) in [5.41, 5.74) is 3.22. The molecule has 3 aromatic rings. The van der Waals surface area contributed by atoms with Crippen molar-refractivity contribution in [3.63, 3.8) is 0 Å². The molecule has 0 amide bonds. The van der Waals surface area contributed by atoms with Gasteiger partial charge < -0.3 is 14.3 Å². The summed E-state index contributed by atoms with van der Waals surface area (Å²) in [5, 5.41) is 11.2. The molecule has 1 aromatic heterocycles. The van der Waals surface area contributed by atoms with E-state index in [-0.39, 0.29) is 30.5 Å². The van der Waals surface area contributed by atoms with E-state index in [0.717, 1.165) is 24.8 Å². The van der Waals surface area contributed by atoms with Gasteiger partial charge in [0.1, 0.15) is 11.3 Å². The van der Waals surface area contributed by atoms with Crippen LogP contribution in [0.15, 0.2) is 51.7 Å². The molecule has 0 radical (unpaired) electrons.